The first-order chi connectivity index (χ1) is 10.2. The molecule has 0 amide bonds. The average molecular weight is 308 g/mol. The average Bonchev–Trinajstić information content (AvgIpc) is 2.84. The van der Waals surface area contributed by atoms with E-state index in [1.165, 1.54) is 19.3 Å². The minimum Gasteiger partial charge on any atom is -0.497 e. The Hall–Kier alpha value is -1.42. The van der Waals surface area contributed by atoms with Crippen LogP contribution in [0.15, 0.2) is 18.2 Å². The van der Waals surface area contributed by atoms with Gasteiger partial charge in [-0.3, -0.25) is 0 Å². The number of hydrogen-bond donors (Lipinski definition) is 0. The molecule has 0 radical (unpaired) electrons. The second-order valence-electron chi connectivity index (χ2n) is 5.84. The normalized spacial score (nSPS) is 22.8. The highest BCUT2D eigenvalue weighted by Crippen LogP contribution is 2.28. The second kappa shape index (κ2) is 5.76. The number of rotatable bonds is 3. The lowest BCUT2D eigenvalue weighted by Crippen LogP contribution is -2.51. The van der Waals surface area contributed by atoms with Crippen molar-refractivity contribution in [3.63, 3.8) is 0 Å². The van der Waals surface area contributed by atoms with Crippen molar-refractivity contribution in [1.29, 1.82) is 0 Å². The maximum atomic E-state index is 6.15. The van der Waals surface area contributed by atoms with Crippen LogP contribution < -0.4 is 9.75 Å². The van der Waals surface area contributed by atoms with Crippen molar-refractivity contribution in [3.8, 4) is 5.75 Å². The highest BCUT2D eigenvalue weighted by molar-refractivity contribution is 6.16. The Labute approximate surface area is 130 Å². The first-order valence-electron chi connectivity index (χ1n) is 7.55. The van der Waals surface area contributed by atoms with E-state index in [-0.39, 0.29) is 0 Å². The minimum absolute atomic E-state index is 0.410. The van der Waals surface area contributed by atoms with Gasteiger partial charge in [-0.25, -0.2) is 9.66 Å². The number of benzene rings is 1. The van der Waals surface area contributed by atoms with E-state index in [2.05, 4.69) is 29.6 Å². The number of hydrogen-bond acceptors (Lipinski definition) is 3. The molecule has 2 unspecified atom stereocenters. The van der Waals surface area contributed by atoms with Gasteiger partial charge in [-0.2, -0.15) is 0 Å². The number of alkyl halides is 1. The molecular weight excluding hydrogens is 286 g/mol. The molecule has 3 rings (SSSR count). The maximum Gasteiger partial charge on any atom is 0.143 e. The van der Waals surface area contributed by atoms with Crippen molar-refractivity contribution in [2.24, 2.45) is 0 Å². The molecule has 0 saturated carbocycles. The van der Waals surface area contributed by atoms with Crippen molar-refractivity contribution >= 4 is 22.6 Å². The van der Waals surface area contributed by atoms with Gasteiger partial charge in [-0.05, 0) is 45.2 Å². The number of methoxy groups -OCH3 is 1. The summed E-state index contributed by atoms with van der Waals surface area (Å²) in [6.45, 7) is 4.56. The van der Waals surface area contributed by atoms with E-state index in [4.69, 9.17) is 21.3 Å². The van der Waals surface area contributed by atoms with Crippen molar-refractivity contribution in [2.75, 3.05) is 12.1 Å². The number of fused-ring (bicyclic) bond motifs is 1. The molecule has 0 aliphatic carbocycles. The lowest BCUT2D eigenvalue weighted by atomic mass is 10.00. The predicted octanol–water partition coefficient (Wildman–Crippen LogP) is 3.68. The van der Waals surface area contributed by atoms with E-state index in [0.717, 1.165) is 22.6 Å². The Morgan fingerprint density at radius 1 is 1.29 bits per heavy atom. The third-order valence-electron chi connectivity index (χ3n) is 4.40. The Bertz CT molecular complexity index is 630. The highest BCUT2D eigenvalue weighted by Gasteiger charge is 2.28. The largest absolute Gasteiger partial charge is 0.497 e. The zero-order chi connectivity index (χ0) is 15.0. The zero-order valence-electron chi connectivity index (χ0n) is 12.8. The predicted molar refractivity (Wildman–Crippen MR) is 86.8 cm³/mol. The van der Waals surface area contributed by atoms with Gasteiger partial charge in [-0.1, -0.05) is 0 Å². The van der Waals surface area contributed by atoms with E-state index in [1.54, 1.807) is 7.11 Å². The third-order valence-corrected chi connectivity index (χ3v) is 4.64. The molecule has 0 N–H and O–H groups in total. The molecule has 1 aromatic carbocycles. The van der Waals surface area contributed by atoms with Gasteiger partial charge in [0.2, 0.25) is 0 Å². The SMILES string of the molecule is COc1ccc2c(c1)nc(CCl)n2N1C(C)CCCC1C. The van der Waals surface area contributed by atoms with Gasteiger partial charge in [0.05, 0.1) is 24.0 Å². The van der Waals surface area contributed by atoms with Gasteiger partial charge in [0.1, 0.15) is 11.6 Å². The van der Waals surface area contributed by atoms with Crippen LogP contribution in [0.25, 0.3) is 11.0 Å². The molecular formula is C16H22ClN3O. The van der Waals surface area contributed by atoms with Gasteiger partial charge in [0.15, 0.2) is 0 Å². The summed E-state index contributed by atoms with van der Waals surface area (Å²) in [6, 6.07) is 7.02. The molecule has 5 heteroatoms. The van der Waals surface area contributed by atoms with E-state index < -0.39 is 0 Å². The van der Waals surface area contributed by atoms with Crippen LogP contribution in [0.3, 0.4) is 0 Å². The van der Waals surface area contributed by atoms with Gasteiger partial charge in [0, 0.05) is 18.2 Å². The van der Waals surface area contributed by atoms with Crippen LogP contribution in [-0.4, -0.2) is 28.9 Å². The topological polar surface area (TPSA) is 30.3 Å². The molecule has 0 bridgehead atoms. The van der Waals surface area contributed by atoms with Crippen molar-refractivity contribution in [2.45, 2.75) is 51.1 Å². The number of ether oxygens (including phenoxy) is 1. The van der Waals surface area contributed by atoms with Crippen molar-refractivity contribution in [3.05, 3.63) is 24.0 Å². The number of piperidine rings is 1. The highest BCUT2D eigenvalue weighted by atomic mass is 35.5. The summed E-state index contributed by atoms with van der Waals surface area (Å²) >= 11 is 6.15. The standard InChI is InChI=1S/C16H22ClN3O/c1-11-5-4-6-12(2)19(11)20-15-8-7-13(21-3)9-14(15)18-16(20)10-17/h7-9,11-12H,4-6,10H2,1-3H3. The zero-order valence-corrected chi connectivity index (χ0v) is 13.6. The summed E-state index contributed by atoms with van der Waals surface area (Å²) in [5.41, 5.74) is 2.04. The van der Waals surface area contributed by atoms with Crippen LogP contribution in [0.1, 0.15) is 38.9 Å². The summed E-state index contributed by atoms with van der Waals surface area (Å²) in [5, 5.41) is 2.43. The molecule has 0 spiro atoms. The molecule has 114 valence electrons. The molecule has 4 nitrogen and oxygen atoms in total. The van der Waals surface area contributed by atoms with Gasteiger partial charge in [-0.15, -0.1) is 11.6 Å². The molecule has 1 aliphatic heterocycles. The van der Waals surface area contributed by atoms with E-state index in [9.17, 15) is 0 Å². The molecule has 21 heavy (non-hydrogen) atoms. The Morgan fingerprint density at radius 3 is 2.62 bits per heavy atom. The summed E-state index contributed by atoms with van der Waals surface area (Å²) in [4.78, 5) is 4.69. The number of aromatic nitrogens is 2. The smallest absolute Gasteiger partial charge is 0.143 e. The van der Waals surface area contributed by atoms with Gasteiger partial charge in [0.25, 0.3) is 0 Å². The molecule has 1 aliphatic rings. The lowest BCUT2D eigenvalue weighted by Gasteiger charge is -2.42. The van der Waals surface area contributed by atoms with E-state index in [0.29, 0.717) is 18.0 Å². The fourth-order valence-corrected chi connectivity index (χ4v) is 3.54. The summed E-state index contributed by atoms with van der Waals surface area (Å²) in [5.74, 6) is 2.14. The molecule has 1 saturated heterocycles. The van der Waals surface area contributed by atoms with Crippen LogP contribution in [-0.2, 0) is 5.88 Å². The van der Waals surface area contributed by atoms with Crippen LogP contribution >= 0.6 is 11.6 Å². The third kappa shape index (κ3) is 2.46. The van der Waals surface area contributed by atoms with Crippen LogP contribution in [0.2, 0.25) is 0 Å². The molecule has 1 fully saturated rings. The number of imidazole rings is 1. The molecule has 2 atom stereocenters. The fourth-order valence-electron chi connectivity index (χ4n) is 3.37. The van der Waals surface area contributed by atoms with Crippen LogP contribution in [0.4, 0.5) is 0 Å². The fraction of sp³-hybridized carbons (Fsp3) is 0.562. The quantitative estimate of drug-likeness (QED) is 0.810. The van der Waals surface area contributed by atoms with E-state index in [1.807, 2.05) is 12.1 Å². The Kier molecular flexibility index (Phi) is 3.98. The maximum absolute atomic E-state index is 6.15. The first kappa shape index (κ1) is 14.5. The Morgan fingerprint density at radius 2 is 2.00 bits per heavy atom. The monoisotopic (exact) mass is 307 g/mol. The number of halogens is 1. The van der Waals surface area contributed by atoms with Gasteiger partial charge < -0.3 is 9.75 Å². The molecule has 1 aromatic heterocycles. The summed E-state index contributed by atoms with van der Waals surface area (Å²) in [7, 11) is 1.68. The first-order valence-corrected chi connectivity index (χ1v) is 8.09. The number of nitrogens with zero attached hydrogens (tertiary/aromatic N) is 3. The van der Waals surface area contributed by atoms with Crippen LogP contribution in [0, 0.1) is 0 Å². The second-order valence-corrected chi connectivity index (χ2v) is 6.10. The van der Waals surface area contributed by atoms with E-state index >= 15 is 0 Å². The lowest BCUT2D eigenvalue weighted by molar-refractivity contribution is 0.337. The van der Waals surface area contributed by atoms with Crippen molar-refractivity contribution < 1.29 is 4.74 Å². The molecule has 2 aromatic rings. The minimum atomic E-state index is 0.410. The van der Waals surface area contributed by atoms with Gasteiger partial charge >= 0.3 is 0 Å². The summed E-state index contributed by atoms with van der Waals surface area (Å²) in [6.07, 6.45) is 3.71. The summed E-state index contributed by atoms with van der Waals surface area (Å²) < 4.78 is 7.52. The Balaban J connectivity index is 2.15. The molecule has 2 heterocycles. The van der Waals surface area contributed by atoms with Crippen LogP contribution in [0.5, 0.6) is 5.75 Å². The van der Waals surface area contributed by atoms with Crippen molar-refractivity contribution in [1.82, 2.24) is 9.66 Å².